The second kappa shape index (κ2) is 6.72. The Morgan fingerprint density at radius 1 is 1.36 bits per heavy atom. The molecule has 1 aliphatic heterocycles. The van der Waals surface area contributed by atoms with Crippen molar-refractivity contribution in [3.8, 4) is 0 Å². The van der Waals surface area contributed by atoms with Gasteiger partial charge in [-0.15, -0.1) is 0 Å². The van der Waals surface area contributed by atoms with Crippen molar-refractivity contribution >= 4 is 5.69 Å². The summed E-state index contributed by atoms with van der Waals surface area (Å²) in [5, 5.41) is 25.4. The largest absolute Gasteiger partial charge is 0.390 e. The molecule has 0 amide bonds. The average molecular weight is 312 g/mol. The highest BCUT2D eigenvalue weighted by Gasteiger charge is 2.26. The Balaban J connectivity index is 1.99. The van der Waals surface area contributed by atoms with Gasteiger partial charge in [-0.3, -0.25) is 19.7 Å². The molecule has 1 fully saturated rings. The Bertz CT molecular complexity index is 535. The summed E-state index contributed by atoms with van der Waals surface area (Å²) in [6, 6.07) is 0. The molecule has 0 bridgehead atoms. The molecule has 0 aromatic carbocycles. The first-order chi connectivity index (χ1) is 10.3. The van der Waals surface area contributed by atoms with E-state index in [0.29, 0.717) is 17.9 Å². The average Bonchev–Trinajstić information content (AvgIpc) is 2.62. The minimum absolute atomic E-state index is 0.0285. The van der Waals surface area contributed by atoms with E-state index in [-0.39, 0.29) is 24.4 Å². The van der Waals surface area contributed by atoms with Crippen molar-refractivity contribution < 1.29 is 14.8 Å². The van der Waals surface area contributed by atoms with Crippen molar-refractivity contribution in [2.45, 2.75) is 52.6 Å². The molecule has 8 nitrogen and oxygen atoms in total. The van der Waals surface area contributed by atoms with Crippen molar-refractivity contribution in [1.29, 1.82) is 0 Å². The third kappa shape index (κ3) is 3.82. The van der Waals surface area contributed by atoms with E-state index in [1.807, 2.05) is 13.8 Å². The van der Waals surface area contributed by atoms with Gasteiger partial charge in [0.15, 0.2) is 0 Å². The summed E-state index contributed by atoms with van der Waals surface area (Å²) in [6.07, 6.45) is -0.341. The van der Waals surface area contributed by atoms with Crippen LogP contribution in [0.5, 0.6) is 0 Å². The van der Waals surface area contributed by atoms with Crippen molar-refractivity contribution in [1.82, 2.24) is 14.7 Å². The zero-order chi connectivity index (χ0) is 16.4. The number of rotatable bonds is 5. The van der Waals surface area contributed by atoms with Gasteiger partial charge >= 0.3 is 5.69 Å². The topological polar surface area (TPSA) is 93.7 Å². The van der Waals surface area contributed by atoms with E-state index in [1.165, 1.54) is 4.68 Å². The summed E-state index contributed by atoms with van der Waals surface area (Å²) in [6.45, 7) is 9.60. The van der Waals surface area contributed by atoms with Gasteiger partial charge in [-0.05, 0) is 27.7 Å². The Labute approximate surface area is 129 Å². The van der Waals surface area contributed by atoms with E-state index in [4.69, 9.17) is 4.74 Å². The van der Waals surface area contributed by atoms with Crippen LogP contribution in [0.15, 0.2) is 0 Å². The summed E-state index contributed by atoms with van der Waals surface area (Å²) < 4.78 is 7.18. The first kappa shape index (κ1) is 16.9. The summed E-state index contributed by atoms with van der Waals surface area (Å²) in [5.74, 6) is 0. The van der Waals surface area contributed by atoms with Crippen LogP contribution in [0, 0.1) is 24.0 Å². The van der Waals surface area contributed by atoms with Gasteiger partial charge in [0.1, 0.15) is 11.4 Å². The fourth-order valence-corrected chi connectivity index (χ4v) is 3.12. The molecule has 0 saturated carbocycles. The zero-order valence-electron chi connectivity index (χ0n) is 13.5. The SMILES string of the molecule is Cc1nn(CC(O)CN2CC(C)OC(C)C2)c(C)c1[N+](=O)[O-]. The maximum absolute atomic E-state index is 11.0. The van der Waals surface area contributed by atoms with E-state index in [9.17, 15) is 15.2 Å². The molecule has 0 aliphatic carbocycles. The summed E-state index contributed by atoms with van der Waals surface area (Å²) in [4.78, 5) is 12.7. The molecule has 22 heavy (non-hydrogen) atoms. The summed E-state index contributed by atoms with van der Waals surface area (Å²) >= 11 is 0. The van der Waals surface area contributed by atoms with Gasteiger partial charge in [-0.2, -0.15) is 5.10 Å². The van der Waals surface area contributed by atoms with Gasteiger partial charge in [-0.25, -0.2) is 0 Å². The number of ether oxygens (including phenoxy) is 1. The standard InChI is InChI=1S/C14H24N4O4/c1-9-5-16(6-10(2)22-9)7-13(19)8-17-12(4)14(18(20)21)11(3)15-17/h9-10,13,19H,5-8H2,1-4H3. The number of nitrogens with zero attached hydrogens (tertiary/aromatic N) is 4. The molecule has 0 spiro atoms. The molecule has 1 aliphatic rings. The number of aliphatic hydroxyl groups is 1. The number of morpholine rings is 1. The Kier molecular flexibility index (Phi) is 5.15. The zero-order valence-corrected chi connectivity index (χ0v) is 13.5. The van der Waals surface area contributed by atoms with E-state index < -0.39 is 11.0 Å². The number of aromatic nitrogens is 2. The molecule has 1 aromatic heterocycles. The lowest BCUT2D eigenvalue weighted by Gasteiger charge is -2.36. The minimum Gasteiger partial charge on any atom is -0.390 e. The molecular weight excluding hydrogens is 288 g/mol. The first-order valence-corrected chi connectivity index (χ1v) is 7.52. The second-order valence-electron chi connectivity index (χ2n) is 6.09. The maximum Gasteiger partial charge on any atom is 0.312 e. The molecule has 2 rings (SSSR count). The van der Waals surface area contributed by atoms with Crippen molar-refractivity contribution in [3.63, 3.8) is 0 Å². The van der Waals surface area contributed by atoms with Crippen molar-refractivity contribution in [2.24, 2.45) is 0 Å². The lowest BCUT2D eigenvalue weighted by Crippen LogP contribution is -2.48. The van der Waals surface area contributed by atoms with Gasteiger partial charge in [0.05, 0.1) is 29.8 Å². The number of hydrogen-bond acceptors (Lipinski definition) is 6. The van der Waals surface area contributed by atoms with E-state index >= 15 is 0 Å². The fraction of sp³-hybridized carbons (Fsp3) is 0.786. The molecule has 8 heteroatoms. The van der Waals surface area contributed by atoms with E-state index in [0.717, 1.165) is 13.1 Å². The highest BCUT2D eigenvalue weighted by atomic mass is 16.6. The smallest absolute Gasteiger partial charge is 0.312 e. The Hall–Kier alpha value is -1.51. The van der Waals surface area contributed by atoms with Gasteiger partial charge in [0.25, 0.3) is 0 Å². The van der Waals surface area contributed by atoms with Crippen LogP contribution in [0.4, 0.5) is 5.69 Å². The van der Waals surface area contributed by atoms with E-state index in [1.54, 1.807) is 13.8 Å². The van der Waals surface area contributed by atoms with Gasteiger partial charge in [0.2, 0.25) is 0 Å². The number of β-amino-alcohol motifs (C(OH)–C–C–N with tert-alkyl or cyclic N) is 1. The molecule has 3 atom stereocenters. The van der Waals surface area contributed by atoms with Crippen LogP contribution in [-0.2, 0) is 11.3 Å². The number of hydrogen-bond donors (Lipinski definition) is 1. The van der Waals surface area contributed by atoms with Gasteiger partial charge in [0, 0.05) is 19.6 Å². The molecule has 1 saturated heterocycles. The van der Waals surface area contributed by atoms with Crippen molar-refractivity contribution in [3.05, 3.63) is 21.5 Å². The number of aryl methyl sites for hydroxylation is 1. The second-order valence-corrected chi connectivity index (χ2v) is 6.09. The molecule has 3 unspecified atom stereocenters. The summed E-state index contributed by atoms with van der Waals surface area (Å²) in [5.41, 5.74) is 0.884. The summed E-state index contributed by atoms with van der Waals surface area (Å²) in [7, 11) is 0. The van der Waals surface area contributed by atoms with Crippen LogP contribution in [-0.4, -0.2) is 62.7 Å². The van der Waals surface area contributed by atoms with Crippen molar-refractivity contribution in [2.75, 3.05) is 19.6 Å². The van der Waals surface area contributed by atoms with Gasteiger partial charge < -0.3 is 9.84 Å². The predicted molar refractivity (Wildman–Crippen MR) is 80.8 cm³/mol. The van der Waals surface area contributed by atoms with Crippen LogP contribution < -0.4 is 0 Å². The lowest BCUT2D eigenvalue weighted by atomic mass is 10.2. The molecular formula is C14H24N4O4. The molecule has 124 valence electrons. The minimum atomic E-state index is -0.630. The molecule has 0 radical (unpaired) electrons. The first-order valence-electron chi connectivity index (χ1n) is 7.52. The molecule has 1 N–H and O–H groups in total. The predicted octanol–water partition coefficient (Wildman–Crippen LogP) is 0.878. The molecule has 1 aromatic rings. The van der Waals surface area contributed by atoms with E-state index in [2.05, 4.69) is 10.00 Å². The Morgan fingerprint density at radius 2 is 1.95 bits per heavy atom. The number of aliphatic hydroxyl groups excluding tert-OH is 1. The van der Waals surface area contributed by atoms with Crippen LogP contribution in [0.1, 0.15) is 25.2 Å². The highest BCUT2D eigenvalue weighted by molar-refractivity contribution is 5.39. The van der Waals surface area contributed by atoms with Gasteiger partial charge in [-0.1, -0.05) is 0 Å². The van der Waals surface area contributed by atoms with Crippen LogP contribution in [0.2, 0.25) is 0 Å². The third-order valence-corrected chi connectivity index (χ3v) is 3.87. The van der Waals surface area contributed by atoms with Crippen LogP contribution in [0.25, 0.3) is 0 Å². The monoisotopic (exact) mass is 312 g/mol. The van der Waals surface area contributed by atoms with Crippen LogP contribution >= 0.6 is 0 Å². The fourth-order valence-electron chi connectivity index (χ4n) is 3.12. The van der Waals surface area contributed by atoms with Crippen LogP contribution in [0.3, 0.4) is 0 Å². The molecule has 2 heterocycles. The quantitative estimate of drug-likeness (QED) is 0.641. The highest BCUT2D eigenvalue weighted by Crippen LogP contribution is 2.22. The Morgan fingerprint density at radius 3 is 2.45 bits per heavy atom. The lowest BCUT2D eigenvalue weighted by molar-refractivity contribution is -0.386. The third-order valence-electron chi connectivity index (χ3n) is 3.87. The maximum atomic E-state index is 11.0. The normalized spacial score (nSPS) is 24.4. The number of nitro groups is 1.